The Balaban J connectivity index is -0.0000192. The topological polar surface area (TPSA) is 244 Å². The molecule has 0 bridgehead atoms. The molecule has 0 rings (SSSR count). The average Bonchev–Trinajstić information content (AvgIpc) is 3.14. The van der Waals surface area contributed by atoms with Crippen LogP contribution < -0.4 is 21.7 Å². The summed E-state index contributed by atoms with van der Waals surface area (Å²) in [6, 6.07) is -2.89. The van der Waals surface area contributed by atoms with Crippen LogP contribution in [0.1, 0.15) is 68.2 Å². The monoisotopic (exact) mass is 1300 g/mol. The van der Waals surface area contributed by atoms with Crippen LogP contribution in [-0.4, -0.2) is 160 Å². The molecule has 0 saturated heterocycles. The molecule has 8 amide bonds. The zero-order valence-corrected chi connectivity index (χ0v) is 48.1. The van der Waals surface area contributed by atoms with Crippen molar-refractivity contribution in [2.75, 3.05) is 64.9 Å². The van der Waals surface area contributed by atoms with Gasteiger partial charge in [0.1, 0.15) is 13.2 Å². The Morgan fingerprint density at radius 1 is 0.523 bits per heavy atom. The van der Waals surface area contributed by atoms with Crippen molar-refractivity contribution in [2.24, 2.45) is 0 Å². The number of nitrogens with one attached hydrogen (secondary N) is 4. The third-order valence-corrected chi connectivity index (χ3v) is 15.1. The molecule has 0 aromatic carbocycles. The molecule has 0 aliphatic carbocycles. The number of nitrogens with zero attached hydrogens (tertiary/aromatic N) is 4. The van der Waals surface area contributed by atoms with Gasteiger partial charge in [0.2, 0.25) is 0 Å². The van der Waals surface area contributed by atoms with Crippen LogP contribution in [0.5, 0.6) is 0 Å². The van der Waals surface area contributed by atoms with Crippen LogP contribution in [0.3, 0.4) is 0 Å². The number of urea groups is 4. The summed E-state index contributed by atoms with van der Waals surface area (Å²) in [7, 11) is -5.91. The zero-order valence-electron chi connectivity index (χ0n) is 40.2. The smallest absolute Gasteiger partial charge is 0.336 e. The van der Waals surface area contributed by atoms with Crippen molar-refractivity contribution >= 4 is 64.6 Å². The number of hydrogen-bond acceptors (Lipinski definition) is 13. The molecular weight excluding hydrogens is 1220 g/mol. The van der Waals surface area contributed by atoms with Crippen molar-refractivity contribution in [3.63, 3.8) is 0 Å². The molecule has 372 valence electrons. The average molecular weight is 1300 g/mol. The predicted octanol–water partition coefficient (Wildman–Crippen LogP) is 3.73. The first-order valence-corrected chi connectivity index (χ1v) is 26.6. The maximum Gasteiger partial charge on any atom is 0.336 e. The zero-order chi connectivity index (χ0) is 48.9. The van der Waals surface area contributed by atoms with E-state index in [1.165, 1.54) is 33.4 Å². The van der Waals surface area contributed by atoms with E-state index in [0.29, 0.717) is 0 Å². The second-order valence-electron chi connectivity index (χ2n) is 17.6. The van der Waals surface area contributed by atoms with Gasteiger partial charge >= 0.3 is 48.0 Å². The molecule has 4 N–H and O–H groups in total. The molecule has 0 aliphatic rings. The van der Waals surface area contributed by atoms with Crippen molar-refractivity contribution in [1.29, 1.82) is 0 Å². The van der Waals surface area contributed by atoms with Crippen LogP contribution in [0.15, 0.2) is 24.3 Å². The van der Waals surface area contributed by atoms with Gasteiger partial charge in [0, 0.05) is 89.8 Å². The van der Waals surface area contributed by atoms with E-state index in [9.17, 15) is 38.4 Å². The maximum absolute atomic E-state index is 13.7. The largest absolute Gasteiger partial charge is 0.499 e. The van der Waals surface area contributed by atoms with Crippen LogP contribution in [0.25, 0.3) is 0 Å². The van der Waals surface area contributed by atoms with E-state index in [-0.39, 0.29) is 131 Å². The van der Waals surface area contributed by atoms with E-state index < -0.39 is 75.7 Å². The fourth-order valence-electron chi connectivity index (χ4n) is 5.76. The molecule has 65 heavy (non-hydrogen) atoms. The maximum atomic E-state index is 13.7. The Hall–Kier alpha value is -3.79. The molecule has 0 fully saturated rings. The minimum atomic E-state index is -2.95. The third-order valence-electron chi connectivity index (χ3n) is 8.42. The van der Waals surface area contributed by atoms with Crippen molar-refractivity contribution in [3.8, 4) is 0 Å². The van der Waals surface area contributed by atoms with E-state index in [0.717, 1.165) is 0 Å². The van der Waals surface area contributed by atoms with Crippen LogP contribution in [0, 0.1) is 13.8 Å². The molecule has 0 aliphatic heterocycles. The summed E-state index contributed by atoms with van der Waals surface area (Å²) in [5, 5.41) is 0. The van der Waals surface area contributed by atoms with Gasteiger partial charge in [-0.3, -0.25) is 9.59 Å². The molecule has 0 atom stereocenters. The number of hydrogen-bond donors (Lipinski definition) is 4. The van der Waals surface area contributed by atoms with Gasteiger partial charge in [0.25, 0.3) is 0 Å². The molecular formula is C40H72N8O13Si2W2-2. The third kappa shape index (κ3) is 27.5. The Morgan fingerprint density at radius 3 is 1.08 bits per heavy atom. The van der Waals surface area contributed by atoms with Gasteiger partial charge in [-0.1, -0.05) is 13.2 Å². The fraction of sp³-hybridized carbons (Fsp3) is 0.650. The van der Waals surface area contributed by atoms with Gasteiger partial charge in [-0.05, 0) is 94.8 Å². The van der Waals surface area contributed by atoms with Gasteiger partial charge in [0.05, 0.1) is 25.9 Å². The van der Waals surface area contributed by atoms with E-state index >= 15 is 0 Å². The molecule has 0 radical (unpaired) electrons. The molecule has 25 heteroatoms. The number of esters is 4. The minimum absolute atomic E-state index is 0. The number of rotatable bonds is 22. The first-order valence-electron chi connectivity index (χ1n) is 20.4. The number of ether oxygens (including phenoxy) is 4. The van der Waals surface area contributed by atoms with Crippen LogP contribution in [-0.2, 0) is 84.4 Å². The summed E-state index contributed by atoms with van der Waals surface area (Å²) >= 11 is 0. The van der Waals surface area contributed by atoms with E-state index in [4.69, 9.17) is 23.1 Å². The number of hydrazine groups is 2. The van der Waals surface area contributed by atoms with E-state index in [2.05, 4.69) is 48.7 Å². The number of carbonyl (C=O) groups excluding carboxylic acids is 8. The SMILES string of the molecule is C=C(C)C(=O)OCCN(C(=O)NNC(=O)N(CCC(=O)OC[CH2-])C[Si](C)(C)O[Si](C)(C)CN(CCC(=O)OC[CH2-])C(=O)NNC(=O)N(CCOC(=O)C(=C)C)C(C)(C)C)C(C)(C)C.[W].[W]. The summed E-state index contributed by atoms with van der Waals surface area (Å²) < 4.78 is 27.0. The standard InChI is InChI=1S/C40H72N8O13Si2.2W/c1-17-57-31(49)19-21-45(35(53)41-43-37(55)47(39(7,8)9)23-25-59-33(51)29(3)4)27-62(13,14)61-63(15,16)28-46(22-20-32(50)58-18-2)36(54)42-44-38(56)48(40(10,11)12)24-26-60-34(52)30(5)6;;/h1-3,5,17-28H2,4,6-16H3,(H,41,53)(H,42,54)(H,43,55)(H,44,56);;/q-2;;. The second kappa shape index (κ2) is 30.5. The Kier molecular flexibility index (Phi) is 30.7. The molecule has 0 aromatic rings. The summed E-state index contributed by atoms with van der Waals surface area (Å²) in [4.78, 5) is 108. The van der Waals surface area contributed by atoms with Gasteiger partial charge < -0.3 is 56.5 Å². The van der Waals surface area contributed by atoms with Crippen molar-refractivity contribution < 1.29 is 104 Å². The number of carbonyl (C=O) groups is 8. The first kappa shape index (κ1) is 65.5. The fourth-order valence-corrected chi connectivity index (χ4v) is 14.7. The Morgan fingerprint density at radius 2 is 0.815 bits per heavy atom. The van der Waals surface area contributed by atoms with Crippen LogP contribution in [0.4, 0.5) is 19.2 Å². The second-order valence-corrected chi connectivity index (χ2v) is 26.1. The normalized spacial score (nSPS) is 11.2. The summed E-state index contributed by atoms with van der Waals surface area (Å²) in [6.45, 7) is 34.3. The van der Waals surface area contributed by atoms with E-state index in [1.54, 1.807) is 41.5 Å². The first-order chi connectivity index (χ1) is 28.9. The Bertz CT molecular complexity index is 1530. The Labute approximate surface area is 415 Å². The van der Waals surface area contributed by atoms with E-state index in [1.807, 2.05) is 26.2 Å². The van der Waals surface area contributed by atoms with Gasteiger partial charge in [-0.15, -0.1) is 0 Å². The van der Waals surface area contributed by atoms with Crippen LogP contribution in [0.2, 0.25) is 26.2 Å². The minimum Gasteiger partial charge on any atom is -0.499 e. The molecule has 0 saturated carbocycles. The van der Waals surface area contributed by atoms with Gasteiger partial charge in [-0.2, -0.15) is 0 Å². The predicted molar refractivity (Wildman–Crippen MR) is 240 cm³/mol. The van der Waals surface area contributed by atoms with Gasteiger partial charge in [0.15, 0.2) is 16.6 Å². The number of amides is 8. The van der Waals surface area contributed by atoms with Crippen molar-refractivity contribution in [2.45, 2.75) is 105 Å². The summed E-state index contributed by atoms with van der Waals surface area (Å²) in [5.74, 6) is -2.43. The van der Waals surface area contributed by atoms with Crippen molar-refractivity contribution in [3.05, 3.63) is 38.2 Å². The molecule has 0 spiro atoms. The molecule has 0 aromatic heterocycles. The summed E-state index contributed by atoms with van der Waals surface area (Å²) in [5.41, 5.74) is 8.51. The quantitative estimate of drug-likeness (QED) is 0.0302. The molecule has 0 heterocycles. The molecule has 21 nitrogen and oxygen atoms in total. The molecule has 0 unspecified atom stereocenters. The van der Waals surface area contributed by atoms with Crippen LogP contribution >= 0.6 is 0 Å². The summed E-state index contributed by atoms with van der Waals surface area (Å²) in [6.07, 6.45) is -0.352. The van der Waals surface area contributed by atoms with Gasteiger partial charge in [-0.25, -0.2) is 50.5 Å². The van der Waals surface area contributed by atoms with Crippen molar-refractivity contribution in [1.82, 2.24) is 41.3 Å².